The van der Waals surface area contributed by atoms with Gasteiger partial charge in [-0.1, -0.05) is 20.8 Å². The molecule has 4 N–H and O–H groups in total. The second kappa shape index (κ2) is 5.09. The molecule has 0 fully saturated rings. The number of anilines is 1. The Balaban J connectivity index is 2.66. The monoisotopic (exact) mass is 271 g/mol. The summed E-state index contributed by atoms with van der Waals surface area (Å²) in [5, 5.41) is 6.56. The molecule has 0 aromatic carbocycles. The van der Waals surface area contributed by atoms with Crippen LogP contribution in [0.5, 0.6) is 0 Å². The lowest BCUT2D eigenvalue weighted by Gasteiger charge is -2.25. The van der Waals surface area contributed by atoms with E-state index in [0.717, 1.165) is 11.0 Å². The summed E-state index contributed by atoms with van der Waals surface area (Å²) in [6.45, 7) is 10.5. The summed E-state index contributed by atoms with van der Waals surface area (Å²) in [6, 6.07) is -0.530. The molecule has 0 bridgehead atoms. The summed E-state index contributed by atoms with van der Waals surface area (Å²) in [5.74, 6) is 0.814. The molecule has 18 heavy (non-hydrogen) atoms. The summed E-state index contributed by atoms with van der Waals surface area (Å²) in [7, 11) is 0. The predicted octanol–water partition coefficient (Wildman–Crippen LogP) is 1.69. The SMILES string of the molecule is CC(C)(CNC(N)=O)Nc1nc(C(C)(C)C)ns1. The smallest absolute Gasteiger partial charge is 0.312 e. The van der Waals surface area contributed by atoms with E-state index in [1.807, 2.05) is 13.8 Å². The van der Waals surface area contributed by atoms with Gasteiger partial charge in [-0.2, -0.15) is 4.37 Å². The van der Waals surface area contributed by atoms with Crippen LogP contribution in [0, 0.1) is 0 Å². The normalized spacial score (nSPS) is 12.3. The van der Waals surface area contributed by atoms with Crippen molar-refractivity contribution in [3.8, 4) is 0 Å². The average molecular weight is 271 g/mol. The second-order valence-electron chi connectivity index (χ2n) is 5.90. The van der Waals surface area contributed by atoms with Gasteiger partial charge in [0.15, 0.2) is 0 Å². The number of hydrogen-bond donors (Lipinski definition) is 3. The molecule has 0 atom stereocenters. The first-order valence-corrected chi connectivity index (χ1v) is 6.53. The van der Waals surface area contributed by atoms with E-state index in [4.69, 9.17) is 5.73 Å². The molecule has 0 spiro atoms. The van der Waals surface area contributed by atoms with Crippen LogP contribution in [0.4, 0.5) is 9.93 Å². The van der Waals surface area contributed by atoms with Gasteiger partial charge in [0, 0.05) is 23.5 Å². The second-order valence-corrected chi connectivity index (χ2v) is 6.65. The number of aromatic nitrogens is 2. The number of primary amides is 1. The molecule has 0 aliphatic heterocycles. The number of rotatable bonds is 4. The summed E-state index contributed by atoms with van der Waals surface area (Å²) >= 11 is 1.32. The molecule has 2 amide bonds. The van der Waals surface area contributed by atoms with Gasteiger partial charge in [-0.15, -0.1) is 0 Å². The van der Waals surface area contributed by atoms with Gasteiger partial charge in [0.05, 0.1) is 5.54 Å². The van der Waals surface area contributed by atoms with Crippen molar-refractivity contribution in [1.82, 2.24) is 14.7 Å². The molecule has 6 nitrogen and oxygen atoms in total. The zero-order chi connectivity index (χ0) is 14.0. The van der Waals surface area contributed by atoms with Crippen LogP contribution in [0.1, 0.15) is 40.4 Å². The number of nitrogens with two attached hydrogens (primary N) is 1. The zero-order valence-corrected chi connectivity index (χ0v) is 12.3. The average Bonchev–Trinajstić information content (AvgIpc) is 2.62. The van der Waals surface area contributed by atoms with Crippen molar-refractivity contribution < 1.29 is 4.79 Å². The van der Waals surface area contributed by atoms with Crippen LogP contribution in [0.25, 0.3) is 0 Å². The first kappa shape index (κ1) is 14.7. The molecule has 0 aliphatic rings. The molecule has 0 aliphatic carbocycles. The van der Waals surface area contributed by atoms with Gasteiger partial charge >= 0.3 is 6.03 Å². The third-order valence-electron chi connectivity index (χ3n) is 2.25. The molecule has 1 aromatic heterocycles. The van der Waals surface area contributed by atoms with Crippen molar-refractivity contribution in [2.75, 3.05) is 11.9 Å². The Bertz CT molecular complexity index is 421. The van der Waals surface area contributed by atoms with E-state index in [-0.39, 0.29) is 11.0 Å². The van der Waals surface area contributed by atoms with Crippen LogP contribution in [0.3, 0.4) is 0 Å². The summed E-state index contributed by atoms with van der Waals surface area (Å²) in [6.07, 6.45) is 0. The molecule has 0 saturated heterocycles. The van der Waals surface area contributed by atoms with Crippen LogP contribution >= 0.6 is 11.5 Å². The number of nitrogens with zero attached hydrogens (tertiary/aromatic N) is 2. The highest BCUT2D eigenvalue weighted by atomic mass is 32.1. The van der Waals surface area contributed by atoms with Crippen molar-refractivity contribution >= 4 is 22.7 Å². The van der Waals surface area contributed by atoms with Gasteiger partial charge in [0.25, 0.3) is 0 Å². The van der Waals surface area contributed by atoms with Crippen molar-refractivity contribution in [3.05, 3.63) is 5.82 Å². The molecule has 1 heterocycles. The molecular weight excluding hydrogens is 250 g/mol. The number of nitrogens with one attached hydrogen (secondary N) is 2. The number of carbonyl (C=O) groups is 1. The van der Waals surface area contributed by atoms with E-state index in [9.17, 15) is 4.79 Å². The summed E-state index contributed by atoms with van der Waals surface area (Å²) in [5.41, 5.74) is 4.66. The Morgan fingerprint density at radius 3 is 2.39 bits per heavy atom. The molecule has 0 unspecified atom stereocenters. The highest BCUT2D eigenvalue weighted by Gasteiger charge is 2.23. The Morgan fingerprint density at radius 1 is 1.33 bits per heavy atom. The van der Waals surface area contributed by atoms with Crippen molar-refractivity contribution in [1.29, 1.82) is 0 Å². The number of hydrogen-bond acceptors (Lipinski definition) is 5. The van der Waals surface area contributed by atoms with Crippen molar-refractivity contribution in [2.24, 2.45) is 5.73 Å². The quantitative estimate of drug-likeness (QED) is 0.777. The van der Waals surface area contributed by atoms with Crippen LogP contribution in [-0.2, 0) is 5.41 Å². The molecule has 0 saturated carbocycles. The van der Waals surface area contributed by atoms with Gasteiger partial charge < -0.3 is 16.4 Å². The molecule has 102 valence electrons. The predicted molar refractivity (Wildman–Crippen MR) is 73.9 cm³/mol. The van der Waals surface area contributed by atoms with E-state index in [1.165, 1.54) is 11.5 Å². The fourth-order valence-electron chi connectivity index (χ4n) is 1.22. The van der Waals surface area contributed by atoms with Crippen LogP contribution in [0.15, 0.2) is 0 Å². The fourth-order valence-corrected chi connectivity index (χ4v) is 2.16. The lowest BCUT2D eigenvalue weighted by Crippen LogP contribution is -2.45. The number of urea groups is 1. The van der Waals surface area contributed by atoms with Crippen LogP contribution in [-0.4, -0.2) is 27.5 Å². The van der Waals surface area contributed by atoms with E-state index in [0.29, 0.717) is 6.54 Å². The minimum absolute atomic E-state index is 0.0634. The minimum Gasteiger partial charge on any atom is -0.354 e. The van der Waals surface area contributed by atoms with Gasteiger partial charge in [-0.25, -0.2) is 9.78 Å². The van der Waals surface area contributed by atoms with Gasteiger partial charge in [0.2, 0.25) is 5.13 Å². The summed E-state index contributed by atoms with van der Waals surface area (Å²) in [4.78, 5) is 15.1. The molecular formula is C11H21N5OS. The van der Waals surface area contributed by atoms with Gasteiger partial charge in [-0.05, 0) is 13.8 Å². The fraction of sp³-hybridized carbons (Fsp3) is 0.727. The third-order valence-corrected chi connectivity index (χ3v) is 2.88. The highest BCUT2D eigenvalue weighted by molar-refractivity contribution is 7.09. The standard InChI is InChI=1S/C11H21N5OS/c1-10(2,3)7-14-9(18-16-7)15-11(4,5)6-13-8(12)17/h6H2,1-5H3,(H3,12,13,17)(H,14,15,16). The van der Waals surface area contributed by atoms with Crippen molar-refractivity contribution in [2.45, 2.75) is 45.6 Å². The number of carbonyl (C=O) groups excluding carboxylic acids is 1. The number of amides is 2. The zero-order valence-electron chi connectivity index (χ0n) is 11.5. The minimum atomic E-state index is -0.530. The van der Waals surface area contributed by atoms with Gasteiger partial charge in [-0.3, -0.25) is 0 Å². The van der Waals surface area contributed by atoms with E-state index in [1.54, 1.807) is 0 Å². The Hall–Kier alpha value is -1.37. The van der Waals surface area contributed by atoms with Crippen LogP contribution in [0.2, 0.25) is 0 Å². The summed E-state index contributed by atoms with van der Waals surface area (Å²) < 4.78 is 4.32. The molecule has 7 heteroatoms. The molecule has 0 radical (unpaired) electrons. The van der Waals surface area contributed by atoms with E-state index < -0.39 is 6.03 Å². The van der Waals surface area contributed by atoms with E-state index >= 15 is 0 Å². The first-order chi connectivity index (χ1) is 8.10. The molecule has 1 aromatic rings. The largest absolute Gasteiger partial charge is 0.354 e. The third kappa shape index (κ3) is 4.48. The first-order valence-electron chi connectivity index (χ1n) is 5.76. The van der Waals surface area contributed by atoms with Crippen molar-refractivity contribution in [3.63, 3.8) is 0 Å². The molecule has 1 rings (SSSR count). The van der Waals surface area contributed by atoms with Crippen LogP contribution < -0.4 is 16.4 Å². The maximum absolute atomic E-state index is 10.7. The van der Waals surface area contributed by atoms with E-state index in [2.05, 4.69) is 40.8 Å². The lowest BCUT2D eigenvalue weighted by molar-refractivity contribution is 0.247. The maximum Gasteiger partial charge on any atom is 0.312 e. The Morgan fingerprint density at radius 2 is 1.94 bits per heavy atom. The van der Waals surface area contributed by atoms with Gasteiger partial charge in [0.1, 0.15) is 5.82 Å². The Labute approximate surface area is 112 Å². The maximum atomic E-state index is 10.7. The Kier molecular flexibility index (Phi) is 4.16. The highest BCUT2D eigenvalue weighted by Crippen LogP contribution is 2.24. The topological polar surface area (TPSA) is 92.9 Å². The lowest BCUT2D eigenvalue weighted by atomic mass is 9.96.